The molecule has 0 aliphatic carbocycles. The molecular formula is C19H22ClF. The molecule has 0 heterocycles. The Morgan fingerprint density at radius 2 is 1.67 bits per heavy atom. The molecule has 2 aromatic rings. The van der Waals surface area contributed by atoms with Crippen LogP contribution >= 0.6 is 11.6 Å². The maximum absolute atomic E-state index is 14.2. The smallest absolute Gasteiger partial charge is 0.127 e. The average Bonchev–Trinajstić information content (AvgIpc) is 2.37. The third-order valence-electron chi connectivity index (χ3n) is 3.82. The number of hydrogen-bond acceptors (Lipinski definition) is 0. The number of halogens is 2. The molecule has 0 fully saturated rings. The zero-order valence-electron chi connectivity index (χ0n) is 13.1. The first-order valence-electron chi connectivity index (χ1n) is 7.32. The van der Waals surface area contributed by atoms with E-state index in [0.717, 1.165) is 22.6 Å². The Balaban J connectivity index is 2.16. The minimum atomic E-state index is -0.162. The summed E-state index contributed by atoms with van der Waals surface area (Å²) in [7, 11) is 0. The molecule has 0 aliphatic heterocycles. The van der Waals surface area contributed by atoms with Crippen LogP contribution in [0.1, 0.15) is 50.3 Å². The minimum Gasteiger partial charge on any atom is -0.207 e. The van der Waals surface area contributed by atoms with Crippen molar-refractivity contribution in [3.05, 3.63) is 70.0 Å². The van der Waals surface area contributed by atoms with Crippen LogP contribution in [0.3, 0.4) is 0 Å². The van der Waals surface area contributed by atoms with Gasteiger partial charge in [-0.25, -0.2) is 4.39 Å². The van der Waals surface area contributed by atoms with Crippen LogP contribution in [0.5, 0.6) is 0 Å². The van der Waals surface area contributed by atoms with Crippen molar-refractivity contribution < 1.29 is 4.39 Å². The summed E-state index contributed by atoms with van der Waals surface area (Å²) in [6.45, 7) is 8.24. The molecule has 0 amide bonds. The lowest BCUT2D eigenvalue weighted by atomic mass is 9.85. The predicted molar refractivity (Wildman–Crippen MR) is 88.7 cm³/mol. The van der Waals surface area contributed by atoms with E-state index in [1.165, 1.54) is 5.56 Å². The van der Waals surface area contributed by atoms with Gasteiger partial charge in [0.2, 0.25) is 0 Å². The third-order valence-corrected chi connectivity index (χ3v) is 4.07. The van der Waals surface area contributed by atoms with Crippen LogP contribution in [0.4, 0.5) is 4.39 Å². The van der Waals surface area contributed by atoms with Gasteiger partial charge in [-0.1, -0.05) is 63.6 Å². The molecule has 0 aromatic heterocycles. The van der Waals surface area contributed by atoms with E-state index in [-0.39, 0.29) is 11.2 Å². The summed E-state index contributed by atoms with van der Waals surface area (Å²) >= 11 is 5.91. The van der Waals surface area contributed by atoms with Gasteiger partial charge in [-0.2, -0.15) is 0 Å². The van der Waals surface area contributed by atoms with E-state index in [1.54, 1.807) is 6.07 Å². The highest BCUT2D eigenvalue weighted by molar-refractivity contribution is 6.30. The van der Waals surface area contributed by atoms with E-state index in [2.05, 4.69) is 6.92 Å². The topological polar surface area (TPSA) is 0 Å². The standard InChI is InChI=1S/C19H22ClF/c1-13(15-6-8-16(20)9-7-15)11-14-5-10-17(18(21)12-14)19(2,3)4/h5-10,12-13H,11H2,1-4H3. The molecule has 0 N–H and O–H groups in total. The lowest BCUT2D eigenvalue weighted by molar-refractivity contribution is 0.521. The van der Waals surface area contributed by atoms with Gasteiger partial charge in [0.15, 0.2) is 0 Å². The number of benzene rings is 2. The summed E-state index contributed by atoms with van der Waals surface area (Å²) in [4.78, 5) is 0. The van der Waals surface area contributed by atoms with Gasteiger partial charge in [0, 0.05) is 5.02 Å². The molecule has 0 bridgehead atoms. The zero-order chi connectivity index (χ0) is 15.6. The quantitative estimate of drug-likeness (QED) is 0.640. The van der Waals surface area contributed by atoms with Gasteiger partial charge in [-0.05, 0) is 52.6 Å². The van der Waals surface area contributed by atoms with Crippen LogP contribution in [-0.2, 0) is 11.8 Å². The monoisotopic (exact) mass is 304 g/mol. The van der Waals surface area contributed by atoms with Crippen LogP contribution in [0.15, 0.2) is 42.5 Å². The SMILES string of the molecule is CC(Cc1ccc(C(C)(C)C)c(F)c1)c1ccc(Cl)cc1. The van der Waals surface area contributed by atoms with Crippen molar-refractivity contribution in [3.8, 4) is 0 Å². The van der Waals surface area contributed by atoms with Gasteiger partial charge in [0.1, 0.15) is 5.82 Å². The van der Waals surface area contributed by atoms with Gasteiger partial charge >= 0.3 is 0 Å². The second-order valence-corrected chi connectivity index (χ2v) is 7.16. The fraction of sp³-hybridized carbons (Fsp3) is 0.368. The van der Waals surface area contributed by atoms with Crippen LogP contribution in [0, 0.1) is 5.82 Å². The molecule has 1 unspecified atom stereocenters. The van der Waals surface area contributed by atoms with Crippen molar-refractivity contribution in [1.29, 1.82) is 0 Å². The van der Waals surface area contributed by atoms with Gasteiger partial charge in [-0.15, -0.1) is 0 Å². The molecule has 2 rings (SSSR count). The normalized spacial score (nSPS) is 13.2. The van der Waals surface area contributed by atoms with Crippen molar-refractivity contribution in [1.82, 2.24) is 0 Å². The highest BCUT2D eigenvalue weighted by Crippen LogP contribution is 2.28. The summed E-state index contributed by atoms with van der Waals surface area (Å²) in [6.07, 6.45) is 0.822. The molecule has 21 heavy (non-hydrogen) atoms. The highest BCUT2D eigenvalue weighted by atomic mass is 35.5. The Bertz CT molecular complexity index is 608. The Labute approximate surface area is 132 Å². The summed E-state index contributed by atoms with van der Waals surface area (Å²) in [5.74, 6) is 0.227. The number of hydrogen-bond donors (Lipinski definition) is 0. The highest BCUT2D eigenvalue weighted by Gasteiger charge is 2.18. The van der Waals surface area contributed by atoms with Crippen molar-refractivity contribution >= 4 is 11.6 Å². The summed E-state index contributed by atoms with van der Waals surface area (Å²) in [5.41, 5.74) is 2.86. The Kier molecular flexibility index (Phi) is 4.73. The second-order valence-electron chi connectivity index (χ2n) is 6.72. The van der Waals surface area contributed by atoms with Gasteiger partial charge < -0.3 is 0 Å². The first-order valence-corrected chi connectivity index (χ1v) is 7.69. The van der Waals surface area contributed by atoms with E-state index in [4.69, 9.17) is 11.6 Å². The van der Waals surface area contributed by atoms with Crippen molar-refractivity contribution in [2.45, 2.75) is 45.4 Å². The van der Waals surface area contributed by atoms with Crippen molar-refractivity contribution in [3.63, 3.8) is 0 Å². The Hall–Kier alpha value is -1.34. The first-order chi connectivity index (χ1) is 9.77. The summed E-state index contributed by atoms with van der Waals surface area (Å²) in [5, 5.41) is 0.742. The van der Waals surface area contributed by atoms with Crippen molar-refractivity contribution in [2.75, 3.05) is 0 Å². The number of rotatable bonds is 3. The van der Waals surface area contributed by atoms with Gasteiger partial charge in [0.25, 0.3) is 0 Å². The fourth-order valence-electron chi connectivity index (χ4n) is 2.56. The molecule has 2 heteroatoms. The molecule has 0 aliphatic rings. The van der Waals surface area contributed by atoms with E-state index in [0.29, 0.717) is 5.92 Å². The molecule has 0 spiro atoms. The predicted octanol–water partition coefficient (Wildman–Crippen LogP) is 6.12. The lowest BCUT2D eigenvalue weighted by Crippen LogP contribution is -2.13. The van der Waals surface area contributed by atoms with Crippen molar-refractivity contribution in [2.24, 2.45) is 0 Å². The minimum absolute atomic E-state index is 0.108. The molecular weight excluding hydrogens is 283 g/mol. The van der Waals surface area contributed by atoms with Gasteiger partial charge in [-0.3, -0.25) is 0 Å². The average molecular weight is 305 g/mol. The Morgan fingerprint density at radius 3 is 2.19 bits per heavy atom. The van der Waals surface area contributed by atoms with E-state index < -0.39 is 0 Å². The second kappa shape index (κ2) is 6.19. The van der Waals surface area contributed by atoms with E-state index >= 15 is 0 Å². The van der Waals surface area contributed by atoms with Gasteiger partial charge in [0.05, 0.1) is 0 Å². The van der Waals surface area contributed by atoms with Crippen LogP contribution in [-0.4, -0.2) is 0 Å². The summed E-state index contributed by atoms with van der Waals surface area (Å²) in [6, 6.07) is 13.5. The molecule has 0 radical (unpaired) electrons. The maximum atomic E-state index is 14.2. The summed E-state index contributed by atoms with van der Waals surface area (Å²) < 4.78 is 14.2. The lowest BCUT2D eigenvalue weighted by Gasteiger charge is -2.21. The first kappa shape index (κ1) is 16.0. The molecule has 2 aromatic carbocycles. The fourth-order valence-corrected chi connectivity index (χ4v) is 2.68. The molecule has 0 nitrogen and oxygen atoms in total. The van der Waals surface area contributed by atoms with E-state index in [1.807, 2.05) is 57.2 Å². The van der Waals surface area contributed by atoms with Crippen LogP contribution in [0.25, 0.3) is 0 Å². The van der Waals surface area contributed by atoms with E-state index in [9.17, 15) is 4.39 Å². The zero-order valence-corrected chi connectivity index (χ0v) is 13.8. The third kappa shape index (κ3) is 4.07. The Morgan fingerprint density at radius 1 is 1.05 bits per heavy atom. The molecule has 112 valence electrons. The van der Waals surface area contributed by atoms with Crippen LogP contribution < -0.4 is 0 Å². The molecule has 0 saturated carbocycles. The molecule has 1 atom stereocenters. The largest absolute Gasteiger partial charge is 0.207 e. The maximum Gasteiger partial charge on any atom is 0.127 e. The van der Waals surface area contributed by atoms with Crippen LogP contribution in [0.2, 0.25) is 5.02 Å². The molecule has 0 saturated heterocycles.